The van der Waals surface area contributed by atoms with E-state index in [1.165, 1.54) is 6.42 Å². The van der Waals surface area contributed by atoms with Crippen LogP contribution >= 0.6 is 0 Å². The first-order valence-corrected chi connectivity index (χ1v) is 5.14. The lowest BCUT2D eigenvalue weighted by atomic mass is 10.1. The number of ether oxygens (including phenoxy) is 2. The first-order chi connectivity index (χ1) is 6.24. The van der Waals surface area contributed by atoms with Crippen molar-refractivity contribution in [2.24, 2.45) is 0 Å². The first kappa shape index (κ1) is 11.0. The van der Waals surface area contributed by atoms with Gasteiger partial charge in [0.2, 0.25) is 0 Å². The van der Waals surface area contributed by atoms with Crippen molar-refractivity contribution in [2.45, 2.75) is 44.9 Å². The van der Waals surface area contributed by atoms with Crippen molar-refractivity contribution in [1.82, 2.24) is 5.32 Å². The average Bonchev–Trinajstić information content (AvgIpc) is 2.58. The van der Waals surface area contributed by atoms with E-state index < -0.39 is 0 Å². The van der Waals surface area contributed by atoms with Crippen molar-refractivity contribution >= 4 is 0 Å². The third-order valence-electron chi connectivity index (χ3n) is 2.39. The number of likely N-dealkylation sites (N-methyl/N-ethyl adjacent to an activating group) is 1. The van der Waals surface area contributed by atoms with Gasteiger partial charge in [-0.2, -0.15) is 0 Å². The molecule has 0 aromatic carbocycles. The molecular weight excluding hydrogens is 166 g/mol. The van der Waals surface area contributed by atoms with Crippen molar-refractivity contribution in [1.29, 1.82) is 0 Å². The Morgan fingerprint density at radius 1 is 1.54 bits per heavy atom. The van der Waals surface area contributed by atoms with Crippen LogP contribution in [0, 0.1) is 0 Å². The zero-order chi connectivity index (χ0) is 9.68. The summed E-state index contributed by atoms with van der Waals surface area (Å²) < 4.78 is 11.2. The molecule has 13 heavy (non-hydrogen) atoms. The number of rotatable bonds is 5. The van der Waals surface area contributed by atoms with Gasteiger partial charge in [0, 0.05) is 6.61 Å². The van der Waals surface area contributed by atoms with Gasteiger partial charge in [0.15, 0.2) is 0 Å². The molecule has 1 saturated heterocycles. The number of nitrogens with one attached hydrogen (secondary N) is 1. The number of hydrogen-bond acceptors (Lipinski definition) is 3. The van der Waals surface area contributed by atoms with Crippen LogP contribution in [0.4, 0.5) is 0 Å². The molecule has 0 bridgehead atoms. The molecule has 3 nitrogen and oxygen atoms in total. The standard InChI is InChI=1S/C10H21NO2/c1-8(2)13-7-9(11-3)10-5-4-6-12-10/h8-11H,4-7H2,1-3H3. The van der Waals surface area contributed by atoms with Gasteiger partial charge >= 0.3 is 0 Å². The van der Waals surface area contributed by atoms with Crippen molar-refractivity contribution in [3.05, 3.63) is 0 Å². The van der Waals surface area contributed by atoms with Gasteiger partial charge in [-0.3, -0.25) is 0 Å². The minimum absolute atomic E-state index is 0.303. The summed E-state index contributed by atoms with van der Waals surface area (Å²) in [6.45, 7) is 5.77. The maximum atomic E-state index is 5.60. The topological polar surface area (TPSA) is 30.5 Å². The summed E-state index contributed by atoms with van der Waals surface area (Å²) in [4.78, 5) is 0. The molecule has 1 aliphatic rings. The van der Waals surface area contributed by atoms with Gasteiger partial charge in [-0.15, -0.1) is 0 Å². The van der Waals surface area contributed by atoms with Crippen LogP contribution in [0.3, 0.4) is 0 Å². The third kappa shape index (κ3) is 3.63. The Labute approximate surface area is 80.8 Å². The molecule has 2 unspecified atom stereocenters. The maximum absolute atomic E-state index is 5.60. The average molecular weight is 187 g/mol. The van der Waals surface area contributed by atoms with Crippen LogP contribution in [0.5, 0.6) is 0 Å². The van der Waals surface area contributed by atoms with E-state index in [-0.39, 0.29) is 0 Å². The van der Waals surface area contributed by atoms with E-state index in [2.05, 4.69) is 19.2 Å². The van der Waals surface area contributed by atoms with E-state index in [4.69, 9.17) is 9.47 Å². The molecule has 0 amide bonds. The molecule has 1 heterocycles. The molecule has 0 radical (unpaired) electrons. The smallest absolute Gasteiger partial charge is 0.0751 e. The second-order valence-electron chi connectivity index (χ2n) is 3.83. The van der Waals surface area contributed by atoms with Gasteiger partial charge in [-0.1, -0.05) is 0 Å². The van der Waals surface area contributed by atoms with Crippen LogP contribution in [-0.4, -0.2) is 38.5 Å². The molecule has 1 aliphatic heterocycles. The summed E-state index contributed by atoms with van der Waals surface area (Å²) in [5.74, 6) is 0. The molecule has 0 aromatic rings. The van der Waals surface area contributed by atoms with Crippen LogP contribution in [0.25, 0.3) is 0 Å². The van der Waals surface area contributed by atoms with Gasteiger partial charge < -0.3 is 14.8 Å². The van der Waals surface area contributed by atoms with E-state index in [1.807, 2.05) is 7.05 Å². The molecule has 2 atom stereocenters. The lowest BCUT2D eigenvalue weighted by Crippen LogP contribution is -2.41. The van der Waals surface area contributed by atoms with Crippen molar-refractivity contribution in [3.63, 3.8) is 0 Å². The molecule has 1 fully saturated rings. The fourth-order valence-corrected chi connectivity index (χ4v) is 1.59. The highest BCUT2D eigenvalue weighted by Crippen LogP contribution is 2.15. The summed E-state index contributed by atoms with van der Waals surface area (Å²) in [6, 6.07) is 0.352. The zero-order valence-electron chi connectivity index (χ0n) is 8.88. The van der Waals surface area contributed by atoms with Crippen LogP contribution in [-0.2, 0) is 9.47 Å². The van der Waals surface area contributed by atoms with Gasteiger partial charge in [0.05, 0.1) is 24.9 Å². The largest absolute Gasteiger partial charge is 0.377 e. The van der Waals surface area contributed by atoms with E-state index in [0.29, 0.717) is 18.2 Å². The van der Waals surface area contributed by atoms with Crippen molar-refractivity contribution in [3.8, 4) is 0 Å². The molecule has 0 aliphatic carbocycles. The molecule has 78 valence electrons. The highest BCUT2D eigenvalue weighted by Gasteiger charge is 2.24. The summed E-state index contributed by atoms with van der Waals surface area (Å²) >= 11 is 0. The quantitative estimate of drug-likeness (QED) is 0.701. The van der Waals surface area contributed by atoms with E-state index in [1.54, 1.807) is 0 Å². The Balaban J connectivity index is 2.24. The highest BCUT2D eigenvalue weighted by atomic mass is 16.5. The Morgan fingerprint density at radius 2 is 2.31 bits per heavy atom. The summed E-state index contributed by atoms with van der Waals surface area (Å²) in [5.41, 5.74) is 0. The fourth-order valence-electron chi connectivity index (χ4n) is 1.59. The SMILES string of the molecule is CNC(COC(C)C)C1CCCO1. The predicted molar refractivity (Wildman–Crippen MR) is 52.9 cm³/mol. The van der Waals surface area contributed by atoms with Crippen molar-refractivity contribution in [2.75, 3.05) is 20.3 Å². The second kappa shape index (κ2) is 5.58. The van der Waals surface area contributed by atoms with Gasteiger partial charge in [0.1, 0.15) is 0 Å². The number of hydrogen-bond donors (Lipinski definition) is 1. The highest BCUT2D eigenvalue weighted by molar-refractivity contribution is 4.79. The molecule has 0 spiro atoms. The van der Waals surface area contributed by atoms with Gasteiger partial charge in [0.25, 0.3) is 0 Å². The summed E-state index contributed by atoms with van der Waals surface area (Å²) in [5, 5.41) is 3.25. The molecule has 1 rings (SSSR count). The van der Waals surface area contributed by atoms with Crippen LogP contribution in [0.15, 0.2) is 0 Å². The minimum Gasteiger partial charge on any atom is -0.377 e. The summed E-state index contributed by atoms with van der Waals surface area (Å²) in [6.07, 6.45) is 3.00. The lowest BCUT2D eigenvalue weighted by molar-refractivity contribution is 0.0104. The van der Waals surface area contributed by atoms with E-state index in [9.17, 15) is 0 Å². The Morgan fingerprint density at radius 3 is 2.77 bits per heavy atom. The lowest BCUT2D eigenvalue weighted by Gasteiger charge is -2.23. The monoisotopic (exact) mass is 187 g/mol. The van der Waals surface area contributed by atoms with Crippen molar-refractivity contribution < 1.29 is 9.47 Å². The first-order valence-electron chi connectivity index (χ1n) is 5.14. The van der Waals surface area contributed by atoms with E-state index >= 15 is 0 Å². The molecule has 1 N–H and O–H groups in total. The fraction of sp³-hybridized carbons (Fsp3) is 1.00. The Kier molecular flexibility index (Phi) is 4.70. The van der Waals surface area contributed by atoms with Crippen LogP contribution in [0.2, 0.25) is 0 Å². The predicted octanol–water partition coefficient (Wildman–Crippen LogP) is 1.18. The maximum Gasteiger partial charge on any atom is 0.0751 e. The molecule has 0 saturated carbocycles. The van der Waals surface area contributed by atoms with E-state index in [0.717, 1.165) is 19.6 Å². The summed E-state index contributed by atoms with van der Waals surface area (Å²) in [7, 11) is 1.97. The van der Waals surface area contributed by atoms with Crippen LogP contribution < -0.4 is 5.32 Å². The van der Waals surface area contributed by atoms with Crippen LogP contribution in [0.1, 0.15) is 26.7 Å². The molecule has 3 heteroatoms. The second-order valence-corrected chi connectivity index (χ2v) is 3.83. The Hall–Kier alpha value is -0.120. The van der Waals surface area contributed by atoms with Gasteiger partial charge in [-0.05, 0) is 33.7 Å². The normalized spacial score (nSPS) is 25.4. The Bertz CT molecular complexity index is 133. The molecular formula is C10H21NO2. The molecule has 0 aromatic heterocycles. The minimum atomic E-state index is 0.303. The zero-order valence-corrected chi connectivity index (χ0v) is 8.88. The van der Waals surface area contributed by atoms with Gasteiger partial charge in [-0.25, -0.2) is 0 Å². The third-order valence-corrected chi connectivity index (χ3v) is 2.39.